The number of pyridine rings is 1. The Kier molecular flexibility index (Phi) is 3.48. The van der Waals surface area contributed by atoms with Crippen LogP contribution in [0.25, 0.3) is 10.1 Å². The Hall–Kier alpha value is -1.46. The van der Waals surface area contributed by atoms with Crippen molar-refractivity contribution in [2.75, 3.05) is 20.1 Å². The predicted molar refractivity (Wildman–Crippen MR) is 65.9 cm³/mol. The van der Waals surface area contributed by atoms with Gasteiger partial charge in [0.2, 0.25) is 0 Å². The average molecular weight is 235 g/mol. The van der Waals surface area contributed by atoms with Gasteiger partial charge in [-0.1, -0.05) is 0 Å². The number of likely N-dealkylation sites (N-methyl/N-ethyl adjacent to an activating group) is 1. The molecule has 0 radical (unpaired) electrons. The van der Waals surface area contributed by atoms with Gasteiger partial charge in [-0.15, -0.1) is 11.3 Å². The Bertz CT molecular complexity index is 495. The monoisotopic (exact) mass is 235 g/mol. The van der Waals surface area contributed by atoms with Crippen molar-refractivity contribution in [2.24, 2.45) is 0 Å². The van der Waals surface area contributed by atoms with Crippen LogP contribution in [0.4, 0.5) is 0 Å². The molecule has 2 N–H and O–H groups in total. The SMILES string of the molecule is CNCCNC(=O)c1cncc2ccsc12. The van der Waals surface area contributed by atoms with Gasteiger partial charge in [0.1, 0.15) is 0 Å². The van der Waals surface area contributed by atoms with E-state index in [1.807, 2.05) is 18.5 Å². The molecule has 0 saturated carbocycles. The fraction of sp³-hybridized carbons (Fsp3) is 0.273. The molecule has 2 aromatic heterocycles. The van der Waals surface area contributed by atoms with Crippen molar-refractivity contribution < 1.29 is 4.79 Å². The summed E-state index contributed by atoms with van der Waals surface area (Å²) in [4.78, 5) is 15.9. The summed E-state index contributed by atoms with van der Waals surface area (Å²) in [5, 5.41) is 8.81. The van der Waals surface area contributed by atoms with Crippen LogP contribution < -0.4 is 10.6 Å². The number of amides is 1. The van der Waals surface area contributed by atoms with E-state index in [9.17, 15) is 4.79 Å². The highest BCUT2D eigenvalue weighted by Gasteiger charge is 2.10. The van der Waals surface area contributed by atoms with Crippen molar-refractivity contribution in [1.82, 2.24) is 15.6 Å². The summed E-state index contributed by atoms with van der Waals surface area (Å²) >= 11 is 1.57. The Morgan fingerprint density at radius 3 is 3.12 bits per heavy atom. The van der Waals surface area contributed by atoms with Gasteiger partial charge in [-0.2, -0.15) is 0 Å². The highest BCUT2D eigenvalue weighted by molar-refractivity contribution is 7.17. The maximum absolute atomic E-state index is 11.9. The molecule has 0 aliphatic rings. The van der Waals surface area contributed by atoms with Crippen LogP contribution in [0.3, 0.4) is 0 Å². The predicted octanol–water partition coefficient (Wildman–Crippen LogP) is 1.25. The number of thiophene rings is 1. The molecule has 2 aromatic rings. The van der Waals surface area contributed by atoms with Gasteiger partial charge in [-0.3, -0.25) is 9.78 Å². The highest BCUT2D eigenvalue weighted by atomic mass is 32.1. The highest BCUT2D eigenvalue weighted by Crippen LogP contribution is 2.23. The number of carbonyl (C=O) groups is 1. The van der Waals surface area contributed by atoms with Crippen LogP contribution in [0.5, 0.6) is 0 Å². The van der Waals surface area contributed by atoms with E-state index in [0.29, 0.717) is 12.1 Å². The molecule has 0 atom stereocenters. The molecule has 0 fully saturated rings. The maximum atomic E-state index is 11.9. The van der Waals surface area contributed by atoms with Gasteiger partial charge >= 0.3 is 0 Å². The Labute approximate surface area is 97.7 Å². The van der Waals surface area contributed by atoms with Crippen molar-refractivity contribution >= 4 is 27.3 Å². The number of hydrogen-bond donors (Lipinski definition) is 2. The second-order valence-corrected chi connectivity index (χ2v) is 4.30. The fourth-order valence-electron chi connectivity index (χ4n) is 1.45. The van der Waals surface area contributed by atoms with Gasteiger partial charge in [-0.05, 0) is 18.5 Å². The number of nitrogens with one attached hydrogen (secondary N) is 2. The van der Waals surface area contributed by atoms with Gasteiger partial charge in [0.25, 0.3) is 5.91 Å². The number of aromatic nitrogens is 1. The van der Waals surface area contributed by atoms with Crippen molar-refractivity contribution in [2.45, 2.75) is 0 Å². The molecule has 2 heterocycles. The molecule has 0 saturated heterocycles. The molecular formula is C11H13N3OS. The lowest BCUT2D eigenvalue weighted by molar-refractivity contribution is 0.0955. The molecule has 2 rings (SSSR count). The molecule has 0 spiro atoms. The zero-order valence-corrected chi connectivity index (χ0v) is 9.80. The molecule has 0 aromatic carbocycles. The second-order valence-electron chi connectivity index (χ2n) is 3.39. The number of nitrogens with zero attached hydrogens (tertiary/aromatic N) is 1. The minimum atomic E-state index is -0.0594. The van der Waals surface area contributed by atoms with Crippen LogP contribution in [0.2, 0.25) is 0 Å². The molecule has 0 aliphatic heterocycles. The third-order valence-corrected chi connectivity index (χ3v) is 3.23. The molecule has 5 heteroatoms. The van der Waals surface area contributed by atoms with Crippen molar-refractivity contribution in [3.8, 4) is 0 Å². The normalized spacial score (nSPS) is 10.6. The Morgan fingerprint density at radius 1 is 1.44 bits per heavy atom. The minimum absolute atomic E-state index is 0.0594. The summed E-state index contributed by atoms with van der Waals surface area (Å²) in [6.45, 7) is 1.39. The standard InChI is InChI=1S/C11H13N3OS/c1-12-3-4-14-11(15)9-7-13-6-8-2-5-16-10(8)9/h2,5-7,12H,3-4H2,1H3,(H,14,15). The van der Waals surface area contributed by atoms with Crippen LogP contribution in [0, 0.1) is 0 Å². The number of rotatable bonds is 4. The number of fused-ring (bicyclic) bond motifs is 1. The summed E-state index contributed by atoms with van der Waals surface area (Å²) < 4.78 is 0.997. The lowest BCUT2D eigenvalue weighted by atomic mass is 10.2. The van der Waals surface area contributed by atoms with Crippen molar-refractivity contribution in [1.29, 1.82) is 0 Å². The van der Waals surface area contributed by atoms with E-state index < -0.39 is 0 Å². The Morgan fingerprint density at radius 2 is 2.31 bits per heavy atom. The van der Waals surface area contributed by atoms with E-state index in [-0.39, 0.29) is 5.91 Å². The molecule has 16 heavy (non-hydrogen) atoms. The molecule has 0 unspecified atom stereocenters. The second kappa shape index (κ2) is 5.05. The average Bonchev–Trinajstić information content (AvgIpc) is 2.76. The third-order valence-electron chi connectivity index (χ3n) is 2.26. The lowest BCUT2D eigenvalue weighted by Gasteiger charge is -2.04. The van der Waals surface area contributed by atoms with E-state index in [1.165, 1.54) is 0 Å². The van der Waals surface area contributed by atoms with Crippen LogP contribution in [-0.2, 0) is 0 Å². The molecule has 84 valence electrons. The molecule has 0 bridgehead atoms. The Balaban J connectivity index is 2.19. The van der Waals surface area contributed by atoms with Gasteiger partial charge < -0.3 is 10.6 Å². The lowest BCUT2D eigenvalue weighted by Crippen LogP contribution is -2.30. The summed E-state index contributed by atoms with van der Waals surface area (Å²) in [5.74, 6) is -0.0594. The quantitative estimate of drug-likeness (QED) is 0.784. The van der Waals surface area contributed by atoms with Crippen molar-refractivity contribution in [3.63, 3.8) is 0 Å². The van der Waals surface area contributed by atoms with Crippen LogP contribution in [0.1, 0.15) is 10.4 Å². The third kappa shape index (κ3) is 2.20. The van der Waals surface area contributed by atoms with Crippen molar-refractivity contribution in [3.05, 3.63) is 29.4 Å². The van der Waals surface area contributed by atoms with Crippen LogP contribution in [0.15, 0.2) is 23.8 Å². The summed E-state index contributed by atoms with van der Waals surface area (Å²) in [6.07, 6.45) is 3.39. The van der Waals surface area contributed by atoms with E-state index in [0.717, 1.165) is 16.6 Å². The van der Waals surface area contributed by atoms with E-state index in [1.54, 1.807) is 23.7 Å². The van der Waals surface area contributed by atoms with E-state index in [2.05, 4.69) is 15.6 Å². The van der Waals surface area contributed by atoms with Gasteiger partial charge in [0, 0.05) is 30.9 Å². The van der Waals surface area contributed by atoms with E-state index in [4.69, 9.17) is 0 Å². The van der Waals surface area contributed by atoms with E-state index >= 15 is 0 Å². The smallest absolute Gasteiger partial charge is 0.254 e. The first-order chi connectivity index (χ1) is 7.83. The zero-order valence-electron chi connectivity index (χ0n) is 8.99. The van der Waals surface area contributed by atoms with Gasteiger partial charge in [0.15, 0.2) is 0 Å². The number of carbonyl (C=O) groups excluding carboxylic acids is 1. The first-order valence-electron chi connectivity index (χ1n) is 5.07. The van der Waals surface area contributed by atoms with Crippen LogP contribution >= 0.6 is 11.3 Å². The molecule has 0 aliphatic carbocycles. The first-order valence-corrected chi connectivity index (χ1v) is 5.95. The van der Waals surface area contributed by atoms with Gasteiger partial charge in [0.05, 0.1) is 10.3 Å². The summed E-state index contributed by atoms with van der Waals surface area (Å²) in [6, 6.07) is 1.97. The minimum Gasteiger partial charge on any atom is -0.351 e. The number of hydrogen-bond acceptors (Lipinski definition) is 4. The molecule has 1 amide bonds. The first kappa shape index (κ1) is 11.0. The van der Waals surface area contributed by atoms with Gasteiger partial charge in [-0.25, -0.2) is 0 Å². The summed E-state index contributed by atoms with van der Waals surface area (Å²) in [5.41, 5.74) is 0.656. The summed E-state index contributed by atoms with van der Waals surface area (Å²) in [7, 11) is 1.85. The fourth-order valence-corrected chi connectivity index (χ4v) is 2.33. The van der Waals surface area contributed by atoms with Crippen LogP contribution in [-0.4, -0.2) is 31.0 Å². The zero-order chi connectivity index (χ0) is 11.4. The molecule has 4 nitrogen and oxygen atoms in total. The largest absolute Gasteiger partial charge is 0.351 e. The topological polar surface area (TPSA) is 54.0 Å². The maximum Gasteiger partial charge on any atom is 0.254 e. The molecular weight excluding hydrogens is 222 g/mol.